The highest BCUT2D eigenvalue weighted by atomic mass is 16.5. The second-order valence-corrected chi connectivity index (χ2v) is 8.18. The second kappa shape index (κ2) is 7.18. The summed E-state index contributed by atoms with van der Waals surface area (Å²) in [6.07, 6.45) is 3.96. The van der Waals surface area contributed by atoms with Crippen LogP contribution in [-0.2, 0) is 4.74 Å². The number of hydrogen-bond acceptors (Lipinski definition) is 5. The zero-order valence-corrected chi connectivity index (χ0v) is 15.1. The number of aromatic hydroxyl groups is 1. The number of aliphatic hydroxyl groups is 1. The van der Waals surface area contributed by atoms with E-state index in [2.05, 4.69) is 4.90 Å². The first kappa shape index (κ1) is 17.8. The highest BCUT2D eigenvalue weighted by Gasteiger charge is 2.43. The van der Waals surface area contributed by atoms with E-state index in [4.69, 9.17) is 4.74 Å². The van der Waals surface area contributed by atoms with E-state index in [1.165, 1.54) is 0 Å². The molecule has 4 rings (SSSR count). The average molecular weight is 360 g/mol. The third-order valence-corrected chi connectivity index (χ3v) is 6.22. The minimum atomic E-state index is -0.181. The van der Waals surface area contributed by atoms with E-state index < -0.39 is 0 Å². The molecule has 0 radical (unpaired) electrons. The Morgan fingerprint density at radius 3 is 2.58 bits per heavy atom. The van der Waals surface area contributed by atoms with Gasteiger partial charge in [0.1, 0.15) is 5.75 Å². The van der Waals surface area contributed by atoms with Crippen LogP contribution in [0, 0.1) is 5.41 Å². The fourth-order valence-electron chi connectivity index (χ4n) is 4.60. The molecule has 0 aliphatic carbocycles. The third-order valence-electron chi connectivity index (χ3n) is 6.22. The van der Waals surface area contributed by atoms with Crippen LogP contribution in [0.1, 0.15) is 36.0 Å². The van der Waals surface area contributed by atoms with Gasteiger partial charge in [-0.1, -0.05) is 0 Å². The number of β-amino-alcohol motifs (C(OH)–C–C–N with tert-alkyl or cyclic N) is 1. The number of likely N-dealkylation sites (tertiary alicyclic amines) is 2. The van der Waals surface area contributed by atoms with Crippen molar-refractivity contribution < 1.29 is 19.7 Å². The van der Waals surface area contributed by atoms with E-state index in [9.17, 15) is 15.0 Å². The van der Waals surface area contributed by atoms with E-state index >= 15 is 0 Å². The van der Waals surface area contributed by atoms with Crippen molar-refractivity contribution in [2.45, 2.75) is 37.9 Å². The van der Waals surface area contributed by atoms with Crippen molar-refractivity contribution in [3.05, 3.63) is 29.8 Å². The highest BCUT2D eigenvalue weighted by molar-refractivity contribution is 5.94. The zero-order valence-electron chi connectivity index (χ0n) is 15.1. The predicted molar refractivity (Wildman–Crippen MR) is 97.1 cm³/mol. The van der Waals surface area contributed by atoms with Crippen molar-refractivity contribution in [3.63, 3.8) is 0 Å². The summed E-state index contributed by atoms with van der Waals surface area (Å²) in [5.74, 6) is 0.222. The van der Waals surface area contributed by atoms with Gasteiger partial charge in [0.25, 0.3) is 5.91 Å². The Labute approximate surface area is 154 Å². The molecule has 1 aromatic carbocycles. The molecule has 0 aromatic heterocycles. The summed E-state index contributed by atoms with van der Waals surface area (Å²) in [4.78, 5) is 16.8. The summed E-state index contributed by atoms with van der Waals surface area (Å²) in [5, 5.41) is 19.0. The van der Waals surface area contributed by atoms with E-state index in [0.717, 1.165) is 65.0 Å². The van der Waals surface area contributed by atoms with Crippen LogP contribution in [-0.4, -0.2) is 77.5 Å². The molecule has 3 aliphatic heterocycles. The minimum Gasteiger partial charge on any atom is -0.508 e. The summed E-state index contributed by atoms with van der Waals surface area (Å²) >= 11 is 0. The maximum atomic E-state index is 12.6. The van der Waals surface area contributed by atoms with Gasteiger partial charge in [-0.2, -0.15) is 0 Å². The number of carbonyl (C=O) groups excluding carboxylic acids is 1. The molecule has 1 spiro atoms. The Morgan fingerprint density at radius 2 is 1.92 bits per heavy atom. The molecule has 3 aliphatic rings. The van der Waals surface area contributed by atoms with Crippen LogP contribution in [0.2, 0.25) is 0 Å². The molecule has 0 bridgehead atoms. The lowest BCUT2D eigenvalue weighted by Crippen LogP contribution is -2.43. The molecule has 2 atom stereocenters. The van der Waals surface area contributed by atoms with Crippen LogP contribution < -0.4 is 0 Å². The van der Waals surface area contributed by atoms with Gasteiger partial charge in [0.2, 0.25) is 0 Å². The van der Waals surface area contributed by atoms with Crippen molar-refractivity contribution in [1.29, 1.82) is 0 Å². The van der Waals surface area contributed by atoms with E-state index in [-0.39, 0.29) is 29.3 Å². The molecule has 3 fully saturated rings. The van der Waals surface area contributed by atoms with Gasteiger partial charge < -0.3 is 19.8 Å². The van der Waals surface area contributed by atoms with Gasteiger partial charge in [0.05, 0.1) is 18.8 Å². The molecule has 26 heavy (non-hydrogen) atoms. The van der Waals surface area contributed by atoms with E-state index in [0.29, 0.717) is 5.56 Å². The quantitative estimate of drug-likeness (QED) is 0.854. The van der Waals surface area contributed by atoms with Crippen LogP contribution in [0.3, 0.4) is 0 Å². The molecule has 1 amide bonds. The zero-order chi connectivity index (χ0) is 18.1. The summed E-state index contributed by atoms with van der Waals surface area (Å²) in [7, 11) is 0. The Balaban J connectivity index is 1.29. The summed E-state index contributed by atoms with van der Waals surface area (Å²) in [6, 6.07) is 6.48. The molecule has 3 heterocycles. The van der Waals surface area contributed by atoms with Crippen molar-refractivity contribution in [2.24, 2.45) is 5.41 Å². The third kappa shape index (κ3) is 3.72. The van der Waals surface area contributed by atoms with E-state index in [1.807, 2.05) is 4.90 Å². The smallest absolute Gasteiger partial charge is 0.253 e. The number of phenolic OH excluding ortho intramolecular Hbond substituents is 1. The number of ether oxygens (including phenoxy) is 1. The second-order valence-electron chi connectivity index (χ2n) is 8.18. The Kier molecular flexibility index (Phi) is 4.90. The largest absolute Gasteiger partial charge is 0.508 e. The first-order chi connectivity index (χ1) is 12.5. The predicted octanol–water partition coefficient (Wildman–Crippen LogP) is 1.47. The van der Waals surface area contributed by atoms with Gasteiger partial charge in [-0.3, -0.25) is 9.69 Å². The Bertz CT molecular complexity index is 640. The normalized spacial score (nSPS) is 28.7. The molecule has 0 unspecified atom stereocenters. The first-order valence-electron chi connectivity index (χ1n) is 9.63. The molecule has 6 heteroatoms. The maximum Gasteiger partial charge on any atom is 0.253 e. The lowest BCUT2D eigenvalue weighted by atomic mass is 9.76. The van der Waals surface area contributed by atoms with Crippen LogP contribution in [0.4, 0.5) is 0 Å². The topological polar surface area (TPSA) is 73.2 Å². The van der Waals surface area contributed by atoms with Crippen molar-refractivity contribution in [3.8, 4) is 5.75 Å². The maximum absolute atomic E-state index is 12.6. The summed E-state index contributed by atoms with van der Waals surface area (Å²) < 4.78 is 6.08. The average Bonchev–Trinajstić information content (AvgIpc) is 3.22. The molecule has 3 saturated heterocycles. The monoisotopic (exact) mass is 360 g/mol. The minimum absolute atomic E-state index is 0.0429. The fraction of sp³-hybridized carbons (Fsp3) is 0.650. The molecule has 2 N–H and O–H groups in total. The van der Waals surface area contributed by atoms with Gasteiger partial charge in [0, 0.05) is 38.3 Å². The number of rotatable bonds is 3. The van der Waals surface area contributed by atoms with Crippen LogP contribution in [0.25, 0.3) is 0 Å². The van der Waals surface area contributed by atoms with Crippen molar-refractivity contribution in [1.82, 2.24) is 9.80 Å². The van der Waals surface area contributed by atoms with Gasteiger partial charge in [-0.25, -0.2) is 0 Å². The number of aliphatic hydroxyl groups excluding tert-OH is 1. The molecular weight excluding hydrogens is 332 g/mol. The van der Waals surface area contributed by atoms with Gasteiger partial charge in [-0.15, -0.1) is 0 Å². The Hall–Kier alpha value is -1.63. The Morgan fingerprint density at radius 1 is 1.19 bits per heavy atom. The highest BCUT2D eigenvalue weighted by Crippen LogP contribution is 2.42. The number of phenols is 1. The fourth-order valence-corrected chi connectivity index (χ4v) is 4.60. The number of nitrogens with zero attached hydrogens (tertiary/aromatic N) is 2. The lowest BCUT2D eigenvalue weighted by Gasteiger charge is -2.38. The number of amides is 1. The van der Waals surface area contributed by atoms with Crippen molar-refractivity contribution in [2.75, 3.05) is 39.3 Å². The molecular formula is C20H28N2O4. The van der Waals surface area contributed by atoms with E-state index in [1.54, 1.807) is 24.3 Å². The number of piperidine rings is 1. The molecule has 1 aromatic rings. The standard InChI is InChI=1S/C20H28N2O4/c23-16-3-1-15(2-4-16)19(25)22-9-6-20(7-10-22)11-18(26-14-20)13-21-8-5-17(24)12-21/h1-4,17-18,23-24H,5-14H2/t17-,18-/m1/s1. The summed E-state index contributed by atoms with van der Waals surface area (Å²) in [5.41, 5.74) is 0.834. The first-order valence-corrected chi connectivity index (χ1v) is 9.63. The van der Waals surface area contributed by atoms with Crippen molar-refractivity contribution >= 4 is 5.91 Å². The van der Waals surface area contributed by atoms with Gasteiger partial charge in [0.15, 0.2) is 0 Å². The number of carbonyl (C=O) groups is 1. The molecule has 6 nitrogen and oxygen atoms in total. The molecule has 142 valence electrons. The van der Waals surface area contributed by atoms with Gasteiger partial charge in [-0.05, 0) is 55.4 Å². The van der Waals surface area contributed by atoms with Crippen LogP contribution >= 0.6 is 0 Å². The van der Waals surface area contributed by atoms with Crippen LogP contribution in [0.5, 0.6) is 5.75 Å². The SMILES string of the molecule is O=C(c1ccc(O)cc1)N1CCC2(CC1)CO[C@@H](CN1CC[C@@H](O)C1)C2. The lowest BCUT2D eigenvalue weighted by molar-refractivity contribution is 0.0451. The number of hydrogen-bond donors (Lipinski definition) is 2. The summed E-state index contributed by atoms with van der Waals surface area (Å²) in [6.45, 7) is 4.95. The molecule has 0 saturated carbocycles. The van der Waals surface area contributed by atoms with Gasteiger partial charge >= 0.3 is 0 Å². The number of benzene rings is 1. The van der Waals surface area contributed by atoms with Crippen LogP contribution in [0.15, 0.2) is 24.3 Å².